The van der Waals surface area contributed by atoms with Crippen molar-refractivity contribution in [2.45, 2.75) is 13.3 Å². The molecule has 2 amide bonds. The molecule has 0 aliphatic rings. The number of carbonyl (C=O) groups is 2. The van der Waals surface area contributed by atoms with Crippen LogP contribution in [0.25, 0.3) is 11.4 Å². The smallest absolute Gasteiger partial charge is 0.251 e. The molecule has 7 heteroatoms. The maximum atomic E-state index is 12.1. The van der Waals surface area contributed by atoms with E-state index in [0.29, 0.717) is 17.3 Å². The Labute approximate surface area is 150 Å². The molecular formula is C19H18N4O3. The number of aryl methyl sites for hydroxylation is 1. The van der Waals surface area contributed by atoms with E-state index in [0.717, 1.165) is 11.3 Å². The largest absolute Gasteiger partial charge is 0.352 e. The van der Waals surface area contributed by atoms with E-state index in [2.05, 4.69) is 20.8 Å². The first-order valence-electron chi connectivity index (χ1n) is 8.15. The zero-order valence-electron chi connectivity index (χ0n) is 14.2. The van der Waals surface area contributed by atoms with E-state index in [-0.39, 0.29) is 24.8 Å². The lowest BCUT2D eigenvalue weighted by Crippen LogP contribution is -2.27. The molecule has 0 saturated carbocycles. The summed E-state index contributed by atoms with van der Waals surface area (Å²) in [6.07, 6.45) is 0.195. The Morgan fingerprint density at radius 1 is 1.04 bits per heavy atom. The van der Waals surface area contributed by atoms with Gasteiger partial charge in [-0.1, -0.05) is 35.5 Å². The number of nitrogens with one attached hydrogen (secondary N) is 2. The Balaban J connectivity index is 1.48. The van der Waals surface area contributed by atoms with E-state index >= 15 is 0 Å². The van der Waals surface area contributed by atoms with Crippen molar-refractivity contribution in [3.8, 4) is 11.4 Å². The molecule has 0 saturated heterocycles. The van der Waals surface area contributed by atoms with Gasteiger partial charge in [-0.3, -0.25) is 9.59 Å². The van der Waals surface area contributed by atoms with Crippen molar-refractivity contribution in [2.24, 2.45) is 0 Å². The summed E-state index contributed by atoms with van der Waals surface area (Å²) in [7, 11) is 0. The van der Waals surface area contributed by atoms with Crippen LogP contribution in [0.15, 0.2) is 59.1 Å². The van der Waals surface area contributed by atoms with Crippen LogP contribution in [0, 0.1) is 6.92 Å². The first-order valence-corrected chi connectivity index (χ1v) is 8.15. The molecule has 1 heterocycles. The number of hydrogen-bond acceptors (Lipinski definition) is 5. The summed E-state index contributed by atoms with van der Waals surface area (Å²) in [6, 6.07) is 16.0. The Bertz CT molecular complexity index is 889. The van der Waals surface area contributed by atoms with Crippen LogP contribution in [0.4, 0.5) is 5.69 Å². The molecule has 0 aliphatic carbocycles. The monoisotopic (exact) mass is 350 g/mol. The molecule has 0 radical (unpaired) electrons. The van der Waals surface area contributed by atoms with Crippen molar-refractivity contribution < 1.29 is 14.1 Å². The fraction of sp³-hybridized carbons (Fsp3) is 0.158. The molecule has 26 heavy (non-hydrogen) atoms. The molecular weight excluding hydrogens is 332 g/mol. The van der Waals surface area contributed by atoms with Gasteiger partial charge in [0.2, 0.25) is 17.6 Å². The van der Waals surface area contributed by atoms with E-state index in [1.54, 1.807) is 31.2 Å². The van der Waals surface area contributed by atoms with E-state index in [4.69, 9.17) is 4.52 Å². The second-order valence-electron chi connectivity index (χ2n) is 5.63. The third-order valence-corrected chi connectivity index (χ3v) is 3.63. The minimum absolute atomic E-state index is 0.153. The molecule has 0 atom stereocenters. The molecule has 0 unspecified atom stereocenters. The fourth-order valence-corrected chi connectivity index (χ4v) is 2.32. The number of rotatable bonds is 6. The van der Waals surface area contributed by atoms with E-state index in [9.17, 15) is 9.59 Å². The summed E-state index contributed by atoms with van der Waals surface area (Å²) < 4.78 is 4.94. The highest BCUT2D eigenvalue weighted by atomic mass is 16.5. The van der Waals surface area contributed by atoms with Gasteiger partial charge >= 0.3 is 0 Å². The second kappa shape index (κ2) is 8.06. The van der Waals surface area contributed by atoms with Gasteiger partial charge < -0.3 is 15.2 Å². The van der Waals surface area contributed by atoms with Crippen LogP contribution in [-0.2, 0) is 4.79 Å². The highest BCUT2D eigenvalue weighted by molar-refractivity contribution is 5.95. The van der Waals surface area contributed by atoms with Crippen LogP contribution < -0.4 is 10.6 Å². The summed E-state index contributed by atoms with van der Waals surface area (Å²) in [6.45, 7) is 1.97. The third-order valence-electron chi connectivity index (χ3n) is 3.63. The standard InChI is InChI=1S/C19H18N4O3/c1-13-21-18(23-26-13)14-7-9-15(10-8-14)19(25)20-12-11-17(24)22-16-5-3-2-4-6-16/h2-10H,11-12H2,1H3,(H,20,25)(H,22,24). The van der Waals surface area contributed by atoms with Crippen LogP contribution in [-0.4, -0.2) is 28.5 Å². The Morgan fingerprint density at radius 2 is 1.77 bits per heavy atom. The summed E-state index contributed by atoms with van der Waals surface area (Å²) in [5.74, 6) is 0.565. The number of carbonyl (C=O) groups excluding carboxylic acids is 2. The lowest BCUT2D eigenvalue weighted by Gasteiger charge is -2.07. The van der Waals surface area contributed by atoms with Crippen LogP contribution in [0.5, 0.6) is 0 Å². The first kappa shape index (κ1) is 17.3. The van der Waals surface area contributed by atoms with Crippen molar-refractivity contribution in [2.75, 3.05) is 11.9 Å². The van der Waals surface area contributed by atoms with Gasteiger partial charge in [0.25, 0.3) is 5.91 Å². The molecule has 3 rings (SSSR count). The van der Waals surface area contributed by atoms with Crippen molar-refractivity contribution in [3.05, 3.63) is 66.1 Å². The van der Waals surface area contributed by atoms with Crippen molar-refractivity contribution in [1.29, 1.82) is 0 Å². The van der Waals surface area contributed by atoms with Gasteiger partial charge in [-0.2, -0.15) is 4.98 Å². The number of para-hydroxylation sites is 1. The highest BCUT2D eigenvalue weighted by Crippen LogP contribution is 2.16. The molecule has 132 valence electrons. The molecule has 2 N–H and O–H groups in total. The van der Waals surface area contributed by atoms with E-state index < -0.39 is 0 Å². The SMILES string of the molecule is Cc1nc(-c2ccc(C(=O)NCCC(=O)Nc3ccccc3)cc2)no1. The normalized spacial score (nSPS) is 10.3. The van der Waals surface area contributed by atoms with Crippen LogP contribution in [0.3, 0.4) is 0 Å². The van der Waals surface area contributed by atoms with Gasteiger partial charge in [0.1, 0.15) is 0 Å². The maximum absolute atomic E-state index is 12.1. The van der Waals surface area contributed by atoms with Gasteiger partial charge in [-0.25, -0.2) is 0 Å². The summed E-state index contributed by atoms with van der Waals surface area (Å²) in [4.78, 5) is 28.1. The minimum atomic E-state index is -0.242. The molecule has 0 fully saturated rings. The zero-order chi connectivity index (χ0) is 18.4. The fourth-order valence-electron chi connectivity index (χ4n) is 2.32. The molecule has 2 aromatic carbocycles. The number of benzene rings is 2. The number of aromatic nitrogens is 2. The van der Waals surface area contributed by atoms with Gasteiger partial charge in [0.05, 0.1) is 0 Å². The predicted octanol–water partition coefficient (Wildman–Crippen LogP) is 2.80. The third kappa shape index (κ3) is 4.54. The quantitative estimate of drug-likeness (QED) is 0.712. The highest BCUT2D eigenvalue weighted by Gasteiger charge is 2.09. The van der Waals surface area contributed by atoms with Crippen molar-refractivity contribution in [1.82, 2.24) is 15.5 Å². The molecule has 7 nitrogen and oxygen atoms in total. The lowest BCUT2D eigenvalue weighted by molar-refractivity contribution is -0.116. The van der Waals surface area contributed by atoms with Crippen LogP contribution in [0.2, 0.25) is 0 Å². The van der Waals surface area contributed by atoms with Gasteiger partial charge in [0.15, 0.2) is 0 Å². The molecule has 1 aromatic heterocycles. The molecule has 0 spiro atoms. The summed E-state index contributed by atoms with van der Waals surface area (Å²) in [5, 5.41) is 9.33. The topological polar surface area (TPSA) is 97.1 Å². The number of nitrogens with zero attached hydrogens (tertiary/aromatic N) is 2. The number of amides is 2. The van der Waals surface area contributed by atoms with Crippen LogP contribution >= 0.6 is 0 Å². The van der Waals surface area contributed by atoms with Gasteiger partial charge in [-0.15, -0.1) is 0 Å². The minimum Gasteiger partial charge on any atom is -0.352 e. The van der Waals surface area contributed by atoms with E-state index in [1.807, 2.05) is 30.3 Å². The number of anilines is 1. The van der Waals surface area contributed by atoms with Crippen LogP contribution in [0.1, 0.15) is 22.7 Å². The van der Waals surface area contributed by atoms with E-state index in [1.165, 1.54) is 0 Å². The molecule has 0 aliphatic heterocycles. The zero-order valence-corrected chi connectivity index (χ0v) is 14.2. The first-order chi connectivity index (χ1) is 12.6. The Kier molecular flexibility index (Phi) is 5.38. The molecule has 3 aromatic rings. The summed E-state index contributed by atoms with van der Waals surface area (Å²) in [5.41, 5.74) is 1.99. The van der Waals surface area contributed by atoms with Crippen molar-refractivity contribution >= 4 is 17.5 Å². The predicted molar refractivity (Wildman–Crippen MR) is 96.5 cm³/mol. The van der Waals surface area contributed by atoms with Gasteiger partial charge in [0, 0.05) is 36.7 Å². The average Bonchev–Trinajstić information content (AvgIpc) is 3.09. The summed E-state index contributed by atoms with van der Waals surface area (Å²) >= 11 is 0. The maximum Gasteiger partial charge on any atom is 0.251 e. The number of hydrogen-bond donors (Lipinski definition) is 2. The Hall–Kier alpha value is -3.48. The Morgan fingerprint density at radius 3 is 2.42 bits per heavy atom. The second-order valence-corrected chi connectivity index (χ2v) is 5.63. The average molecular weight is 350 g/mol. The van der Waals surface area contributed by atoms with Gasteiger partial charge in [-0.05, 0) is 24.3 Å². The molecule has 0 bridgehead atoms. The lowest BCUT2D eigenvalue weighted by atomic mass is 10.1. The van der Waals surface area contributed by atoms with Crippen molar-refractivity contribution in [3.63, 3.8) is 0 Å².